The van der Waals surface area contributed by atoms with Crippen LogP contribution in [0.4, 0.5) is 0 Å². The molecule has 1 unspecified atom stereocenters. The van der Waals surface area contributed by atoms with Gasteiger partial charge in [0.25, 0.3) is 0 Å². The van der Waals surface area contributed by atoms with Crippen molar-refractivity contribution in [2.75, 3.05) is 13.1 Å². The van der Waals surface area contributed by atoms with Gasteiger partial charge in [0, 0.05) is 6.42 Å². The number of fused-ring (bicyclic) bond motifs is 1. The summed E-state index contributed by atoms with van der Waals surface area (Å²) in [6, 6.07) is 6.58. The molecule has 18 heavy (non-hydrogen) atoms. The first-order valence-electron chi connectivity index (χ1n) is 6.83. The molecule has 0 spiro atoms. The zero-order valence-electron chi connectivity index (χ0n) is 11.1. The molecule has 1 aromatic heterocycles. The largest absolute Gasteiger partial charge is 0.316 e. The summed E-state index contributed by atoms with van der Waals surface area (Å²) >= 11 is 1.88. The zero-order chi connectivity index (χ0) is 12.5. The first-order valence-corrected chi connectivity index (χ1v) is 7.64. The molecule has 96 valence electrons. The van der Waals surface area contributed by atoms with Gasteiger partial charge in [-0.1, -0.05) is 26.0 Å². The Morgan fingerprint density at radius 2 is 2.33 bits per heavy atom. The number of aromatic nitrogens is 1. The fourth-order valence-corrected chi connectivity index (χ4v) is 3.82. The van der Waals surface area contributed by atoms with Crippen LogP contribution in [0.15, 0.2) is 18.2 Å². The van der Waals surface area contributed by atoms with Crippen LogP contribution in [0.2, 0.25) is 0 Å². The summed E-state index contributed by atoms with van der Waals surface area (Å²) in [5.74, 6) is 1.34. The number of thiazole rings is 1. The molecule has 0 saturated carbocycles. The highest BCUT2D eigenvalue weighted by molar-refractivity contribution is 7.18. The minimum Gasteiger partial charge on any atom is -0.316 e. The molecule has 1 aliphatic heterocycles. The molecule has 3 rings (SSSR count). The molecule has 1 atom stereocenters. The Hall–Kier alpha value is -0.930. The van der Waals surface area contributed by atoms with E-state index in [2.05, 4.69) is 37.4 Å². The highest BCUT2D eigenvalue weighted by Crippen LogP contribution is 2.30. The number of benzene rings is 1. The van der Waals surface area contributed by atoms with Crippen molar-refractivity contribution >= 4 is 21.6 Å². The molecule has 1 aromatic carbocycles. The third-order valence-corrected chi connectivity index (χ3v) is 4.79. The van der Waals surface area contributed by atoms with E-state index in [1.165, 1.54) is 33.8 Å². The lowest BCUT2D eigenvalue weighted by Gasteiger charge is -2.05. The number of para-hydroxylation sites is 1. The van der Waals surface area contributed by atoms with Crippen LogP contribution in [-0.4, -0.2) is 18.1 Å². The van der Waals surface area contributed by atoms with Gasteiger partial charge in [-0.25, -0.2) is 4.98 Å². The Labute approximate surface area is 112 Å². The van der Waals surface area contributed by atoms with Gasteiger partial charge in [-0.05, 0) is 43.0 Å². The molecule has 2 heterocycles. The van der Waals surface area contributed by atoms with Crippen LogP contribution in [0.3, 0.4) is 0 Å². The monoisotopic (exact) mass is 260 g/mol. The number of nitrogens with one attached hydrogen (secondary N) is 1. The van der Waals surface area contributed by atoms with Crippen molar-refractivity contribution in [3.05, 3.63) is 28.8 Å². The van der Waals surface area contributed by atoms with Crippen LogP contribution < -0.4 is 5.32 Å². The molecule has 0 bridgehead atoms. The van der Waals surface area contributed by atoms with Crippen molar-refractivity contribution in [2.45, 2.75) is 32.6 Å². The van der Waals surface area contributed by atoms with E-state index < -0.39 is 0 Å². The average Bonchev–Trinajstić information content (AvgIpc) is 2.96. The minimum absolute atomic E-state index is 0.553. The summed E-state index contributed by atoms with van der Waals surface area (Å²) < 4.78 is 1.35. The van der Waals surface area contributed by atoms with E-state index in [-0.39, 0.29) is 0 Å². The van der Waals surface area contributed by atoms with Crippen molar-refractivity contribution < 1.29 is 0 Å². The highest BCUT2D eigenvalue weighted by atomic mass is 32.1. The topological polar surface area (TPSA) is 24.9 Å². The van der Waals surface area contributed by atoms with Gasteiger partial charge >= 0.3 is 0 Å². The molecule has 0 amide bonds. The SMILES string of the molecule is CC(C)c1cccc2sc(CC3CCNC3)nc12. The van der Waals surface area contributed by atoms with Crippen molar-refractivity contribution in [3.8, 4) is 0 Å². The van der Waals surface area contributed by atoms with Gasteiger partial charge in [-0.15, -0.1) is 11.3 Å². The molecular weight excluding hydrogens is 240 g/mol. The first-order chi connectivity index (χ1) is 8.74. The first kappa shape index (κ1) is 12.1. The van der Waals surface area contributed by atoms with Gasteiger partial charge < -0.3 is 5.32 Å². The van der Waals surface area contributed by atoms with E-state index in [9.17, 15) is 0 Å². The molecule has 1 aliphatic rings. The number of rotatable bonds is 3. The predicted octanol–water partition coefficient (Wildman–Crippen LogP) is 3.57. The Morgan fingerprint density at radius 3 is 3.06 bits per heavy atom. The summed E-state index contributed by atoms with van der Waals surface area (Å²) in [4.78, 5) is 4.89. The zero-order valence-corrected chi connectivity index (χ0v) is 11.9. The van der Waals surface area contributed by atoms with E-state index in [4.69, 9.17) is 4.98 Å². The predicted molar refractivity (Wildman–Crippen MR) is 78.4 cm³/mol. The molecule has 3 heteroatoms. The summed E-state index contributed by atoms with van der Waals surface area (Å²) in [7, 11) is 0. The number of hydrogen-bond donors (Lipinski definition) is 1. The second kappa shape index (κ2) is 4.98. The van der Waals surface area contributed by atoms with Crippen LogP contribution in [0.5, 0.6) is 0 Å². The van der Waals surface area contributed by atoms with Crippen LogP contribution in [-0.2, 0) is 6.42 Å². The Bertz CT molecular complexity index is 538. The average molecular weight is 260 g/mol. The van der Waals surface area contributed by atoms with Gasteiger partial charge in [0.15, 0.2) is 0 Å². The Morgan fingerprint density at radius 1 is 1.44 bits per heavy atom. The van der Waals surface area contributed by atoms with Gasteiger partial charge in [0.05, 0.1) is 15.2 Å². The van der Waals surface area contributed by atoms with E-state index in [0.29, 0.717) is 5.92 Å². The minimum atomic E-state index is 0.553. The maximum atomic E-state index is 4.89. The quantitative estimate of drug-likeness (QED) is 0.912. The summed E-state index contributed by atoms with van der Waals surface area (Å²) in [6.45, 7) is 6.82. The lowest BCUT2D eigenvalue weighted by Crippen LogP contribution is -2.10. The van der Waals surface area contributed by atoms with Crippen LogP contribution in [0, 0.1) is 5.92 Å². The van der Waals surface area contributed by atoms with Gasteiger partial charge in [0.1, 0.15) is 0 Å². The molecule has 1 N–H and O–H groups in total. The summed E-state index contributed by atoms with van der Waals surface area (Å²) in [6.07, 6.45) is 2.44. The van der Waals surface area contributed by atoms with Gasteiger partial charge in [-0.2, -0.15) is 0 Å². The fourth-order valence-electron chi connectivity index (χ4n) is 2.70. The lowest BCUT2D eigenvalue weighted by molar-refractivity contribution is 0.579. The van der Waals surface area contributed by atoms with E-state index in [0.717, 1.165) is 18.9 Å². The van der Waals surface area contributed by atoms with E-state index >= 15 is 0 Å². The maximum Gasteiger partial charge on any atom is 0.0942 e. The normalized spacial score (nSPS) is 20.1. The van der Waals surface area contributed by atoms with Crippen molar-refractivity contribution in [1.82, 2.24) is 10.3 Å². The molecule has 0 radical (unpaired) electrons. The fraction of sp³-hybridized carbons (Fsp3) is 0.533. The van der Waals surface area contributed by atoms with Gasteiger partial charge in [0.2, 0.25) is 0 Å². The Kier molecular flexibility index (Phi) is 3.35. The maximum absolute atomic E-state index is 4.89. The molecule has 0 aliphatic carbocycles. The third kappa shape index (κ3) is 2.29. The smallest absolute Gasteiger partial charge is 0.0942 e. The van der Waals surface area contributed by atoms with Crippen molar-refractivity contribution in [1.29, 1.82) is 0 Å². The van der Waals surface area contributed by atoms with Crippen LogP contribution >= 0.6 is 11.3 Å². The summed E-state index contributed by atoms with van der Waals surface area (Å²) in [5, 5.41) is 4.74. The van der Waals surface area contributed by atoms with Gasteiger partial charge in [-0.3, -0.25) is 0 Å². The number of hydrogen-bond acceptors (Lipinski definition) is 3. The molecule has 1 fully saturated rings. The Balaban J connectivity index is 1.92. The van der Waals surface area contributed by atoms with E-state index in [1.54, 1.807) is 0 Å². The third-order valence-electron chi connectivity index (χ3n) is 3.74. The lowest BCUT2D eigenvalue weighted by atomic mass is 10.0. The van der Waals surface area contributed by atoms with E-state index in [1.807, 2.05) is 11.3 Å². The number of nitrogens with zero attached hydrogens (tertiary/aromatic N) is 1. The standard InChI is InChI=1S/C15H20N2S/c1-10(2)12-4-3-5-13-15(12)17-14(18-13)8-11-6-7-16-9-11/h3-5,10-11,16H,6-9H2,1-2H3. The van der Waals surface area contributed by atoms with Crippen molar-refractivity contribution in [2.24, 2.45) is 5.92 Å². The molecular formula is C15H20N2S. The molecule has 2 aromatic rings. The van der Waals surface area contributed by atoms with Crippen LogP contribution in [0.1, 0.15) is 36.8 Å². The molecule has 2 nitrogen and oxygen atoms in total. The van der Waals surface area contributed by atoms with Crippen LogP contribution in [0.25, 0.3) is 10.2 Å². The second-order valence-electron chi connectivity index (χ2n) is 5.52. The molecule has 1 saturated heterocycles. The van der Waals surface area contributed by atoms with Crippen molar-refractivity contribution in [3.63, 3.8) is 0 Å². The summed E-state index contributed by atoms with van der Waals surface area (Å²) in [5.41, 5.74) is 2.62. The highest BCUT2D eigenvalue weighted by Gasteiger charge is 2.18. The second-order valence-corrected chi connectivity index (χ2v) is 6.63.